The van der Waals surface area contributed by atoms with Crippen LogP contribution in [0.4, 0.5) is 4.39 Å². The van der Waals surface area contributed by atoms with Crippen molar-refractivity contribution < 1.29 is 14.0 Å². The molecule has 20 heavy (non-hydrogen) atoms. The molecule has 2 rings (SSSR count). The molecule has 1 aromatic carbocycles. The van der Waals surface area contributed by atoms with Gasteiger partial charge in [-0.2, -0.15) is 0 Å². The van der Waals surface area contributed by atoms with Gasteiger partial charge in [0.1, 0.15) is 11.4 Å². The van der Waals surface area contributed by atoms with Gasteiger partial charge in [-0.1, -0.05) is 24.3 Å². The first-order valence-corrected chi connectivity index (χ1v) is 6.19. The fourth-order valence-electron chi connectivity index (χ4n) is 1.74. The normalized spacial score (nSPS) is 17.4. The molecule has 1 aliphatic rings. The van der Waals surface area contributed by atoms with Gasteiger partial charge in [0, 0.05) is 12.1 Å². The average molecular weight is 290 g/mol. The van der Waals surface area contributed by atoms with E-state index in [-0.39, 0.29) is 22.8 Å². The zero-order valence-electron chi connectivity index (χ0n) is 10.4. The summed E-state index contributed by atoms with van der Waals surface area (Å²) in [4.78, 5) is 25.2. The summed E-state index contributed by atoms with van der Waals surface area (Å²) in [5.41, 5.74) is 0.00271. The van der Waals surface area contributed by atoms with Crippen LogP contribution in [0.3, 0.4) is 0 Å². The molecule has 6 heteroatoms. The highest BCUT2D eigenvalue weighted by Crippen LogP contribution is 2.16. The van der Waals surface area contributed by atoms with Gasteiger partial charge < -0.3 is 0 Å². The van der Waals surface area contributed by atoms with Gasteiger partial charge in [-0.15, -0.1) is 6.58 Å². The van der Waals surface area contributed by atoms with E-state index in [1.165, 1.54) is 35.3 Å². The van der Waals surface area contributed by atoms with Crippen LogP contribution in [-0.2, 0) is 9.59 Å². The van der Waals surface area contributed by atoms with Crippen LogP contribution in [0.1, 0.15) is 5.56 Å². The Labute approximate surface area is 120 Å². The Kier molecular flexibility index (Phi) is 4.05. The maximum Gasteiger partial charge on any atom is 0.265 e. The van der Waals surface area contributed by atoms with E-state index < -0.39 is 17.6 Å². The van der Waals surface area contributed by atoms with Gasteiger partial charge in [-0.25, -0.2) is 4.39 Å². The van der Waals surface area contributed by atoms with Gasteiger partial charge >= 0.3 is 0 Å². The Balaban J connectivity index is 2.42. The first-order chi connectivity index (χ1) is 9.54. The molecule has 0 aromatic heterocycles. The number of halogens is 1. The quantitative estimate of drug-likeness (QED) is 0.398. The van der Waals surface area contributed by atoms with Crippen LogP contribution in [0, 0.1) is 5.82 Å². The van der Waals surface area contributed by atoms with Crippen molar-refractivity contribution in [3.63, 3.8) is 0 Å². The lowest BCUT2D eigenvalue weighted by molar-refractivity contribution is -0.128. The lowest BCUT2D eigenvalue weighted by atomic mass is 10.1. The number of benzene rings is 1. The largest absolute Gasteiger partial charge is 0.298 e. The van der Waals surface area contributed by atoms with Crippen molar-refractivity contribution in [1.82, 2.24) is 10.2 Å². The van der Waals surface area contributed by atoms with E-state index in [0.717, 1.165) is 0 Å². The minimum atomic E-state index is -0.636. The first kappa shape index (κ1) is 14.1. The smallest absolute Gasteiger partial charge is 0.265 e. The third-order valence-corrected chi connectivity index (χ3v) is 3.02. The van der Waals surface area contributed by atoms with Crippen LogP contribution in [0.25, 0.3) is 6.08 Å². The third-order valence-electron chi connectivity index (χ3n) is 2.70. The molecule has 102 valence electrons. The van der Waals surface area contributed by atoms with Crippen molar-refractivity contribution in [2.45, 2.75) is 0 Å². The molecule has 1 N–H and O–H groups in total. The highest BCUT2D eigenvalue weighted by atomic mass is 32.1. The molecule has 1 heterocycles. The minimum Gasteiger partial charge on any atom is -0.298 e. The molecule has 0 spiro atoms. The van der Waals surface area contributed by atoms with Gasteiger partial charge in [-0.3, -0.25) is 19.8 Å². The van der Waals surface area contributed by atoms with E-state index in [2.05, 4.69) is 11.9 Å². The van der Waals surface area contributed by atoms with Crippen LogP contribution < -0.4 is 5.32 Å². The van der Waals surface area contributed by atoms with E-state index in [9.17, 15) is 14.0 Å². The fourth-order valence-corrected chi connectivity index (χ4v) is 1.99. The summed E-state index contributed by atoms with van der Waals surface area (Å²) in [5, 5.41) is 2.41. The number of hydrogen-bond acceptors (Lipinski definition) is 3. The number of carbonyl (C=O) groups is 2. The van der Waals surface area contributed by atoms with E-state index >= 15 is 0 Å². The molecule has 0 unspecified atom stereocenters. The van der Waals surface area contributed by atoms with Crippen molar-refractivity contribution in [3.8, 4) is 0 Å². The Morgan fingerprint density at radius 2 is 2.05 bits per heavy atom. The molecule has 1 fully saturated rings. The molecule has 1 aliphatic heterocycles. The Bertz CT molecular complexity index is 640. The molecule has 1 saturated heterocycles. The fraction of sp³-hybridized carbons (Fsp3) is 0.0714. The lowest BCUT2D eigenvalue weighted by Crippen LogP contribution is -2.53. The molecule has 0 aliphatic carbocycles. The summed E-state index contributed by atoms with van der Waals surface area (Å²) in [6.45, 7) is 3.69. The third kappa shape index (κ3) is 2.65. The number of nitrogens with one attached hydrogen (secondary N) is 1. The maximum atomic E-state index is 13.6. The van der Waals surface area contributed by atoms with Crippen LogP contribution >= 0.6 is 12.2 Å². The number of nitrogens with zero attached hydrogens (tertiary/aromatic N) is 1. The van der Waals surface area contributed by atoms with E-state index in [4.69, 9.17) is 12.2 Å². The maximum absolute atomic E-state index is 13.6. The van der Waals surface area contributed by atoms with E-state index in [1.54, 1.807) is 6.07 Å². The minimum absolute atomic E-state index is 0.0191. The molecule has 1 aromatic rings. The second-order valence-corrected chi connectivity index (χ2v) is 4.43. The van der Waals surface area contributed by atoms with Crippen LogP contribution in [0.15, 0.2) is 42.5 Å². The molecule has 0 atom stereocenters. The second kappa shape index (κ2) is 5.75. The zero-order chi connectivity index (χ0) is 14.7. The van der Waals surface area contributed by atoms with Crippen LogP contribution in [-0.4, -0.2) is 28.4 Å². The van der Waals surface area contributed by atoms with Crippen molar-refractivity contribution >= 4 is 35.2 Å². The Morgan fingerprint density at radius 3 is 2.70 bits per heavy atom. The van der Waals surface area contributed by atoms with Crippen molar-refractivity contribution in [3.05, 3.63) is 53.9 Å². The molecule has 0 radical (unpaired) electrons. The van der Waals surface area contributed by atoms with Gasteiger partial charge in [0.2, 0.25) is 0 Å². The molecule has 4 nitrogen and oxygen atoms in total. The van der Waals surface area contributed by atoms with Gasteiger partial charge in [-0.05, 0) is 24.4 Å². The van der Waals surface area contributed by atoms with Gasteiger partial charge in [0.05, 0.1) is 0 Å². The molecule has 0 saturated carbocycles. The average Bonchev–Trinajstić information content (AvgIpc) is 2.41. The number of thiocarbonyl (C=S) groups is 1. The second-order valence-electron chi connectivity index (χ2n) is 4.04. The highest BCUT2D eigenvalue weighted by Gasteiger charge is 2.32. The van der Waals surface area contributed by atoms with E-state index in [1.807, 2.05) is 0 Å². The Morgan fingerprint density at radius 1 is 1.35 bits per heavy atom. The zero-order valence-corrected chi connectivity index (χ0v) is 11.2. The summed E-state index contributed by atoms with van der Waals surface area (Å²) in [5.74, 6) is -1.71. The van der Waals surface area contributed by atoms with Crippen LogP contribution in [0.2, 0.25) is 0 Å². The summed E-state index contributed by atoms with van der Waals surface area (Å²) in [7, 11) is 0. The number of amides is 2. The summed E-state index contributed by atoms with van der Waals surface area (Å²) < 4.78 is 13.6. The topological polar surface area (TPSA) is 49.4 Å². The summed E-state index contributed by atoms with van der Waals surface area (Å²) in [6.07, 6.45) is 2.70. The molecule has 0 bridgehead atoms. The Hall–Kier alpha value is -2.34. The predicted molar refractivity (Wildman–Crippen MR) is 77.0 cm³/mol. The molecule has 2 amide bonds. The standard InChI is InChI=1S/C14H11FN2O2S/c1-2-7-17-13(19)10(12(18)16-14(17)20)8-9-5-3-4-6-11(9)15/h2-6,8H,1,7H2,(H,16,18,20)/b10-8+. The summed E-state index contributed by atoms with van der Waals surface area (Å²) in [6, 6.07) is 5.88. The van der Waals surface area contributed by atoms with Crippen LogP contribution in [0.5, 0.6) is 0 Å². The first-order valence-electron chi connectivity index (χ1n) is 5.79. The predicted octanol–water partition coefficient (Wildman–Crippen LogP) is 1.64. The number of rotatable bonds is 3. The number of hydrogen-bond donors (Lipinski definition) is 1. The van der Waals surface area contributed by atoms with Gasteiger partial charge in [0.25, 0.3) is 11.8 Å². The number of carbonyl (C=O) groups excluding carboxylic acids is 2. The van der Waals surface area contributed by atoms with Crippen molar-refractivity contribution in [1.29, 1.82) is 0 Å². The summed E-state index contributed by atoms with van der Waals surface area (Å²) >= 11 is 4.91. The van der Waals surface area contributed by atoms with Gasteiger partial charge in [0.15, 0.2) is 5.11 Å². The van der Waals surface area contributed by atoms with E-state index in [0.29, 0.717) is 0 Å². The highest BCUT2D eigenvalue weighted by molar-refractivity contribution is 7.80. The lowest BCUT2D eigenvalue weighted by Gasteiger charge is -2.27. The van der Waals surface area contributed by atoms with Crippen molar-refractivity contribution in [2.24, 2.45) is 0 Å². The molecular formula is C14H11FN2O2S. The molecular weight excluding hydrogens is 279 g/mol. The van der Waals surface area contributed by atoms with Crippen molar-refractivity contribution in [2.75, 3.05) is 6.54 Å². The monoisotopic (exact) mass is 290 g/mol. The SMILES string of the molecule is C=CCN1C(=O)/C(=C/c2ccccc2F)C(=O)NC1=S.